The first-order valence-electron chi connectivity index (χ1n) is 14.1. The van der Waals surface area contributed by atoms with Crippen LogP contribution >= 0.6 is 0 Å². The second kappa shape index (κ2) is 9.12. The first-order chi connectivity index (χ1) is 19.4. The van der Waals surface area contributed by atoms with Gasteiger partial charge in [-0.1, -0.05) is 48.5 Å². The molecule has 0 unspecified atom stereocenters. The summed E-state index contributed by atoms with van der Waals surface area (Å²) in [6.45, 7) is 0. The number of nitrogen functional groups attached to an aromatic ring is 2. The molecule has 0 atom stereocenters. The Kier molecular flexibility index (Phi) is 5.63. The van der Waals surface area contributed by atoms with Gasteiger partial charge in [0.2, 0.25) is 0 Å². The fourth-order valence-corrected chi connectivity index (χ4v) is 8.34. The van der Waals surface area contributed by atoms with Crippen LogP contribution in [0.15, 0.2) is 84.9 Å². The molecule has 0 aliphatic heterocycles. The van der Waals surface area contributed by atoms with Gasteiger partial charge in [0.05, 0.1) is 0 Å². The summed E-state index contributed by atoms with van der Waals surface area (Å²) >= 11 is 0. The van der Waals surface area contributed by atoms with Gasteiger partial charge < -0.3 is 31.2 Å². The second-order valence-corrected chi connectivity index (χ2v) is 12.1. The highest BCUT2D eigenvalue weighted by Gasteiger charge is 2.60. The van der Waals surface area contributed by atoms with Gasteiger partial charge in [0, 0.05) is 22.0 Å². The average molecular weight is 535 g/mol. The molecule has 0 heterocycles. The van der Waals surface area contributed by atoms with Crippen molar-refractivity contribution in [3.05, 3.63) is 96.1 Å². The first kappa shape index (κ1) is 24.7. The fourth-order valence-electron chi connectivity index (χ4n) is 8.34. The predicted molar refractivity (Wildman–Crippen MR) is 156 cm³/mol. The number of phenolic OH excluding ortho intramolecular Hbond substituents is 2. The minimum absolute atomic E-state index is 0.0268. The molecule has 4 bridgehead atoms. The molecule has 4 aromatic carbocycles. The van der Waals surface area contributed by atoms with Crippen LogP contribution in [0.3, 0.4) is 0 Å². The van der Waals surface area contributed by atoms with Crippen LogP contribution in [0, 0.1) is 11.8 Å². The smallest absolute Gasteiger partial charge is 0.157 e. The van der Waals surface area contributed by atoms with E-state index >= 15 is 0 Å². The van der Waals surface area contributed by atoms with Crippen LogP contribution in [0.25, 0.3) is 0 Å². The maximum atomic E-state index is 10.6. The van der Waals surface area contributed by atoms with Crippen LogP contribution in [0.1, 0.15) is 49.7 Å². The Bertz CT molecular complexity index is 1440. The minimum Gasteiger partial charge on any atom is -0.506 e. The molecule has 4 aromatic rings. The van der Waals surface area contributed by atoms with E-state index in [0.29, 0.717) is 34.8 Å². The maximum Gasteiger partial charge on any atom is 0.157 e. The number of phenols is 2. The number of anilines is 2. The molecular formula is C34H34N2O4. The van der Waals surface area contributed by atoms with Crippen molar-refractivity contribution in [3.63, 3.8) is 0 Å². The fraction of sp³-hybridized carbons (Fsp3) is 0.294. The third kappa shape index (κ3) is 3.93. The number of hydrogen-bond acceptors (Lipinski definition) is 6. The van der Waals surface area contributed by atoms with Crippen molar-refractivity contribution >= 4 is 11.4 Å². The highest BCUT2D eigenvalue weighted by Crippen LogP contribution is 2.69. The monoisotopic (exact) mass is 534 g/mol. The zero-order chi connectivity index (χ0) is 27.5. The van der Waals surface area contributed by atoms with Gasteiger partial charge in [-0.3, -0.25) is 0 Å². The summed E-state index contributed by atoms with van der Waals surface area (Å²) in [6.07, 6.45) is 6.27. The highest BCUT2D eigenvalue weighted by atomic mass is 16.5. The van der Waals surface area contributed by atoms with Crippen molar-refractivity contribution < 1.29 is 19.7 Å². The minimum atomic E-state index is -0.174. The molecule has 0 amide bonds. The number of benzene rings is 4. The Morgan fingerprint density at radius 2 is 0.975 bits per heavy atom. The Hall–Kier alpha value is -4.32. The maximum absolute atomic E-state index is 10.6. The summed E-state index contributed by atoms with van der Waals surface area (Å²) in [4.78, 5) is 0. The Morgan fingerprint density at radius 1 is 0.575 bits per heavy atom. The first-order valence-corrected chi connectivity index (χ1v) is 14.1. The quantitative estimate of drug-likeness (QED) is 0.149. The lowest BCUT2D eigenvalue weighted by Crippen LogP contribution is -2.56. The van der Waals surface area contributed by atoms with Crippen molar-refractivity contribution in [1.82, 2.24) is 0 Å². The van der Waals surface area contributed by atoms with Gasteiger partial charge in [-0.05, 0) is 86.8 Å². The SMILES string of the molecule is Nc1c(O)ccc(C23CC4CC(C2)CC(c2ccc(O)c(N)c2Oc2ccccc2)(C4)C3)c1Oc1ccccc1. The number of ether oxygens (including phenoxy) is 2. The van der Waals surface area contributed by atoms with Gasteiger partial charge in [-0.2, -0.15) is 0 Å². The number of aromatic hydroxyl groups is 2. The van der Waals surface area contributed by atoms with Crippen molar-refractivity contribution in [2.75, 3.05) is 11.5 Å². The van der Waals surface area contributed by atoms with E-state index in [4.69, 9.17) is 20.9 Å². The number of rotatable bonds is 6. The van der Waals surface area contributed by atoms with Crippen molar-refractivity contribution in [1.29, 1.82) is 0 Å². The topological polar surface area (TPSA) is 111 Å². The molecule has 8 rings (SSSR count). The van der Waals surface area contributed by atoms with Gasteiger partial charge in [0.15, 0.2) is 11.5 Å². The van der Waals surface area contributed by atoms with Crippen LogP contribution in [0.2, 0.25) is 0 Å². The van der Waals surface area contributed by atoms with Gasteiger partial charge >= 0.3 is 0 Å². The lowest BCUT2D eigenvalue weighted by molar-refractivity contribution is -0.0294. The molecule has 204 valence electrons. The molecule has 4 aliphatic rings. The zero-order valence-electron chi connectivity index (χ0n) is 22.3. The normalized spacial score (nSPS) is 26.5. The van der Waals surface area contributed by atoms with Crippen molar-refractivity contribution in [3.8, 4) is 34.5 Å². The molecule has 6 nitrogen and oxygen atoms in total. The summed E-state index contributed by atoms with van der Waals surface area (Å²) in [5, 5.41) is 21.2. The predicted octanol–water partition coefficient (Wildman–Crippen LogP) is 7.64. The molecule has 0 saturated heterocycles. The van der Waals surface area contributed by atoms with Gasteiger partial charge in [0.25, 0.3) is 0 Å². The Balaban J connectivity index is 1.35. The summed E-state index contributed by atoms with van der Waals surface area (Å²) < 4.78 is 12.8. The summed E-state index contributed by atoms with van der Waals surface area (Å²) in [6, 6.07) is 26.6. The summed E-state index contributed by atoms with van der Waals surface area (Å²) in [5.74, 6) is 3.58. The van der Waals surface area contributed by atoms with Crippen LogP contribution in [-0.2, 0) is 10.8 Å². The second-order valence-electron chi connectivity index (χ2n) is 12.1. The number of nitrogens with two attached hydrogens (primary N) is 2. The standard InChI is InChI=1S/C34H34N2O4/c35-29-27(37)13-11-25(31(29)39-23-7-3-1-4-8-23)33-16-21-15-22(17-33)19-34(18-21,20-33)26-12-14-28(38)30(36)32(26)40-24-9-5-2-6-10-24/h1-14,21-22,37-38H,15-20,35-36H2. The van der Waals surface area contributed by atoms with Gasteiger partial charge in [-0.15, -0.1) is 0 Å². The molecular weight excluding hydrogens is 500 g/mol. The largest absolute Gasteiger partial charge is 0.506 e. The van der Waals surface area contributed by atoms with E-state index in [1.54, 1.807) is 12.1 Å². The molecule has 4 saturated carbocycles. The molecule has 4 fully saturated rings. The van der Waals surface area contributed by atoms with Crippen LogP contribution in [0.4, 0.5) is 11.4 Å². The third-order valence-corrected chi connectivity index (χ3v) is 9.48. The van der Waals surface area contributed by atoms with E-state index in [1.165, 1.54) is 6.42 Å². The lowest BCUT2D eigenvalue weighted by atomic mass is 9.41. The zero-order valence-corrected chi connectivity index (χ0v) is 22.3. The van der Waals surface area contributed by atoms with E-state index in [2.05, 4.69) is 0 Å². The van der Waals surface area contributed by atoms with Gasteiger partial charge in [0.1, 0.15) is 34.4 Å². The van der Waals surface area contributed by atoms with E-state index in [9.17, 15) is 10.2 Å². The third-order valence-electron chi connectivity index (χ3n) is 9.48. The molecule has 0 radical (unpaired) electrons. The van der Waals surface area contributed by atoms with Crippen LogP contribution in [0.5, 0.6) is 34.5 Å². The van der Waals surface area contributed by atoms with Crippen LogP contribution < -0.4 is 20.9 Å². The number of hydrogen-bond donors (Lipinski definition) is 4. The molecule has 0 aromatic heterocycles. The summed E-state index contributed by atoms with van der Waals surface area (Å²) in [7, 11) is 0. The lowest BCUT2D eigenvalue weighted by Gasteiger charge is -2.63. The van der Waals surface area contributed by atoms with E-state index < -0.39 is 0 Å². The molecule has 40 heavy (non-hydrogen) atoms. The molecule has 4 aliphatic carbocycles. The highest BCUT2D eigenvalue weighted by molar-refractivity contribution is 5.70. The van der Waals surface area contributed by atoms with Crippen molar-refractivity contribution in [2.45, 2.75) is 49.4 Å². The Labute approximate surface area is 234 Å². The number of para-hydroxylation sites is 2. The Morgan fingerprint density at radius 3 is 1.38 bits per heavy atom. The van der Waals surface area contributed by atoms with Gasteiger partial charge in [-0.25, -0.2) is 0 Å². The van der Waals surface area contributed by atoms with E-state index in [1.807, 2.05) is 72.8 Å². The van der Waals surface area contributed by atoms with E-state index in [0.717, 1.165) is 43.2 Å². The molecule has 6 N–H and O–H groups in total. The molecule has 6 heteroatoms. The molecule has 0 spiro atoms. The van der Waals surface area contributed by atoms with Crippen molar-refractivity contribution in [2.24, 2.45) is 11.8 Å². The average Bonchev–Trinajstić information content (AvgIpc) is 2.94. The summed E-state index contributed by atoms with van der Waals surface area (Å²) in [5.41, 5.74) is 15.3. The van der Waals surface area contributed by atoms with Crippen LogP contribution in [-0.4, -0.2) is 10.2 Å². The van der Waals surface area contributed by atoms with E-state index in [-0.39, 0.29) is 33.7 Å².